The number of benzene rings is 3. The average molecular weight is 566 g/mol. The topological polar surface area (TPSA) is 90.6 Å². The molecule has 0 saturated carbocycles. The Labute approximate surface area is 221 Å². The number of nitrogens with zero attached hydrogens (tertiary/aromatic N) is 4. The van der Waals surface area contributed by atoms with Gasteiger partial charge in [0, 0.05) is 15.7 Å². The van der Waals surface area contributed by atoms with Gasteiger partial charge in [0.25, 0.3) is 5.91 Å². The number of methoxy groups -OCH3 is 2. The number of aromatic nitrogens is 3. The van der Waals surface area contributed by atoms with E-state index in [1.807, 2.05) is 84.3 Å². The molecule has 36 heavy (non-hydrogen) atoms. The highest BCUT2D eigenvalue weighted by Gasteiger charge is 2.17. The first-order valence-corrected chi connectivity index (χ1v) is 12.7. The number of carbonyl (C=O) groups is 1. The van der Waals surface area contributed by atoms with Gasteiger partial charge < -0.3 is 9.47 Å². The van der Waals surface area contributed by atoms with Gasteiger partial charge in [-0.15, -0.1) is 10.2 Å². The van der Waals surface area contributed by atoms with Gasteiger partial charge in [-0.2, -0.15) is 5.10 Å². The molecule has 4 rings (SSSR count). The van der Waals surface area contributed by atoms with Crippen molar-refractivity contribution in [1.29, 1.82) is 0 Å². The summed E-state index contributed by atoms with van der Waals surface area (Å²) in [4.78, 5) is 12.6. The van der Waals surface area contributed by atoms with Gasteiger partial charge in [-0.25, -0.2) is 5.43 Å². The zero-order valence-electron chi connectivity index (χ0n) is 19.9. The van der Waals surface area contributed by atoms with Gasteiger partial charge in [-0.1, -0.05) is 39.8 Å². The second-order valence-electron chi connectivity index (χ2n) is 7.60. The molecule has 0 aliphatic heterocycles. The molecule has 0 saturated heterocycles. The molecule has 0 aliphatic carbocycles. The number of amides is 1. The van der Waals surface area contributed by atoms with Crippen molar-refractivity contribution in [3.05, 3.63) is 82.8 Å². The van der Waals surface area contributed by atoms with Crippen LogP contribution < -0.4 is 14.9 Å². The van der Waals surface area contributed by atoms with Crippen molar-refractivity contribution in [1.82, 2.24) is 20.2 Å². The maximum atomic E-state index is 12.6. The van der Waals surface area contributed by atoms with Crippen LogP contribution >= 0.6 is 27.7 Å². The van der Waals surface area contributed by atoms with Gasteiger partial charge in [-0.05, 0) is 73.2 Å². The quantitative estimate of drug-likeness (QED) is 0.167. The summed E-state index contributed by atoms with van der Waals surface area (Å²) in [6.45, 7) is 1.85. The fraction of sp³-hybridized carbons (Fsp3) is 0.154. The summed E-state index contributed by atoms with van der Waals surface area (Å²) in [6, 6.07) is 22.9. The fourth-order valence-electron chi connectivity index (χ4n) is 3.32. The third kappa shape index (κ3) is 6.13. The first-order valence-electron chi connectivity index (χ1n) is 10.9. The predicted octanol–water partition coefficient (Wildman–Crippen LogP) is 5.35. The van der Waals surface area contributed by atoms with Crippen molar-refractivity contribution in [2.45, 2.75) is 12.1 Å². The van der Waals surface area contributed by atoms with E-state index in [4.69, 9.17) is 9.47 Å². The van der Waals surface area contributed by atoms with Crippen molar-refractivity contribution in [2.75, 3.05) is 20.0 Å². The van der Waals surface area contributed by atoms with Crippen molar-refractivity contribution in [2.24, 2.45) is 5.10 Å². The molecular formula is C26H24BrN5O3S. The van der Waals surface area contributed by atoms with Crippen LogP contribution in [0.2, 0.25) is 0 Å². The lowest BCUT2D eigenvalue weighted by Gasteiger charge is -2.11. The molecule has 4 aromatic rings. The van der Waals surface area contributed by atoms with Gasteiger partial charge >= 0.3 is 0 Å². The molecule has 0 spiro atoms. The van der Waals surface area contributed by atoms with Gasteiger partial charge in [0.15, 0.2) is 11.0 Å². The standard InChI is InChI=1S/C26H24BrN5O3S/c1-17(18-4-8-20(27)9-5-18)28-29-24(33)16-36-26-31-30-25(19-6-12-22(34-2)13-7-19)32(26)21-10-14-23(35-3)15-11-21/h4-15H,16H2,1-3H3,(H,29,33)/b28-17-. The Morgan fingerprint density at radius 2 is 1.56 bits per heavy atom. The molecule has 0 radical (unpaired) electrons. The number of thioether (sulfide) groups is 1. The molecule has 0 bridgehead atoms. The van der Waals surface area contributed by atoms with Crippen LogP contribution in [0.5, 0.6) is 11.5 Å². The highest BCUT2D eigenvalue weighted by molar-refractivity contribution is 9.10. The van der Waals surface area contributed by atoms with Gasteiger partial charge in [0.05, 0.1) is 25.7 Å². The van der Waals surface area contributed by atoms with E-state index in [0.717, 1.165) is 32.8 Å². The summed E-state index contributed by atoms with van der Waals surface area (Å²) in [5, 5.41) is 13.6. The lowest BCUT2D eigenvalue weighted by atomic mass is 10.1. The van der Waals surface area contributed by atoms with Gasteiger partial charge in [0.2, 0.25) is 0 Å². The molecule has 8 nitrogen and oxygen atoms in total. The summed E-state index contributed by atoms with van der Waals surface area (Å²) < 4.78 is 13.5. The molecule has 1 aromatic heterocycles. The Bertz CT molecular complexity index is 1350. The van der Waals surface area contributed by atoms with Crippen LogP contribution in [0, 0.1) is 0 Å². The summed E-state index contributed by atoms with van der Waals surface area (Å²) in [5.74, 6) is 2.01. The van der Waals surface area contributed by atoms with Gasteiger partial charge in [0.1, 0.15) is 11.5 Å². The molecule has 0 fully saturated rings. The smallest absolute Gasteiger partial charge is 0.250 e. The third-order valence-electron chi connectivity index (χ3n) is 5.25. The number of ether oxygens (including phenoxy) is 2. The molecule has 0 atom stereocenters. The summed E-state index contributed by atoms with van der Waals surface area (Å²) in [6.07, 6.45) is 0. The van der Waals surface area contributed by atoms with E-state index < -0.39 is 0 Å². The van der Waals surface area contributed by atoms with Crippen LogP contribution in [-0.4, -0.2) is 46.4 Å². The minimum Gasteiger partial charge on any atom is -0.497 e. The van der Waals surface area contributed by atoms with Crippen LogP contribution in [-0.2, 0) is 4.79 Å². The monoisotopic (exact) mass is 565 g/mol. The third-order valence-corrected chi connectivity index (χ3v) is 6.71. The van der Waals surface area contributed by atoms with E-state index in [2.05, 4.69) is 36.7 Å². The Morgan fingerprint density at radius 3 is 2.17 bits per heavy atom. The molecule has 3 aromatic carbocycles. The first kappa shape index (κ1) is 25.5. The summed E-state index contributed by atoms with van der Waals surface area (Å²) in [7, 11) is 3.25. The number of hydrogen-bond acceptors (Lipinski definition) is 7. The van der Waals surface area contributed by atoms with Crippen molar-refractivity contribution < 1.29 is 14.3 Å². The zero-order chi connectivity index (χ0) is 25.5. The van der Waals surface area contributed by atoms with E-state index in [9.17, 15) is 4.79 Å². The highest BCUT2D eigenvalue weighted by atomic mass is 79.9. The number of rotatable bonds is 9. The zero-order valence-corrected chi connectivity index (χ0v) is 22.3. The minimum atomic E-state index is -0.244. The van der Waals surface area contributed by atoms with Crippen molar-refractivity contribution >= 4 is 39.3 Å². The maximum absolute atomic E-state index is 12.6. The second-order valence-corrected chi connectivity index (χ2v) is 9.45. The van der Waals surface area contributed by atoms with Crippen molar-refractivity contribution in [3.8, 4) is 28.6 Å². The molecule has 1 N–H and O–H groups in total. The van der Waals surface area contributed by atoms with Crippen LogP contribution in [0.3, 0.4) is 0 Å². The maximum Gasteiger partial charge on any atom is 0.250 e. The van der Waals surface area contributed by atoms with Crippen LogP contribution in [0.15, 0.2) is 87.5 Å². The average Bonchev–Trinajstić information content (AvgIpc) is 3.35. The lowest BCUT2D eigenvalue weighted by molar-refractivity contribution is -0.118. The van der Waals surface area contributed by atoms with E-state index in [0.29, 0.717) is 16.7 Å². The number of carbonyl (C=O) groups excluding carboxylic acids is 1. The molecular weight excluding hydrogens is 542 g/mol. The van der Waals surface area contributed by atoms with Gasteiger partial charge in [-0.3, -0.25) is 9.36 Å². The van der Waals surface area contributed by atoms with E-state index in [-0.39, 0.29) is 11.7 Å². The highest BCUT2D eigenvalue weighted by Crippen LogP contribution is 2.29. The minimum absolute atomic E-state index is 0.119. The Kier molecular flexibility index (Phi) is 8.40. The Balaban J connectivity index is 1.54. The Morgan fingerprint density at radius 1 is 0.944 bits per heavy atom. The fourth-order valence-corrected chi connectivity index (χ4v) is 4.33. The number of halogens is 1. The van der Waals surface area contributed by atoms with Crippen LogP contribution in [0.25, 0.3) is 17.1 Å². The largest absolute Gasteiger partial charge is 0.497 e. The van der Waals surface area contributed by atoms with Crippen LogP contribution in [0.4, 0.5) is 0 Å². The van der Waals surface area contributed by atoms with E-state index in [1.54, 1.807) is 14.2 Å². The number of hydrogen-bond donors (Lipinski definition) is 1. The van der Waals surface area contributed by atoms with E-state index >= 15 is 0 Å². The molecule has 10 heteroatoms. The van der Waals surface area contributed by atoms with Crippen LogP contribution in [0.1, 0.15) is 12.5 Å². The molecule has 0 unspecified atom stereocenters. The molecule has 0 aliphatic rings. The second kappa shape index (κ2) is 11.9. The Hall–Kier alpha value is -3.63. The normalized spacial score (nSPS) is 11.3. The summed E-state index contributed by atoms with van der Waals surface area (Å²) in [5.41, 5.74) is 5.97. The number of nitrogens with one attached hydrogen (secondary N) is 1. The van der Waals surface area contributed by atoms with E-state index in [1.165, 1.54) is 11.8 Å². The van der Waals surface area contributed by atoms with Crippen molar-refractivity contribution in [3.63, 3.8) is 0 Å². The molecule has 184 valence electrons. The summed E-state index contributed by atoms with van der Waals surface area (Å²) >= 11 is 4.69. The first-order chi connectivity index (χ1) is 17.5. The molecule has 1 amide bonds. The number of hydrazone groups is 1. The molecule has 1 heterocycles. The SMILES string of the molecule is COc1ccc(-c2nnc(SCC(=O)N/N=C(/C)c3ccc(Br)cc3)n2-c2ccc(OC)cc2)cc1. The lowest BCUT2D eigenvalue weighted by Crippen LogP contribution is -2.21. The predicted molar refractivity (Wildman–Crippen MR) is 145 cm³/mol.